The van der Waals surface area contributed by atoms with Gasteiger partial charge in [-0.2, -0.15) is 0 Å². The molecule has 4 atom stereocenters. The summed E-state index contributed by atoms with van der Waals surface area (Å²) in [6.45, 7) is 2.19. The van der Waals surface area contributed by atoms with Crippen LogP contribution in [0.15, 0.2) is 0 Å². The van der Waals surface area contributed by atoms with Crippen molar-refractivity contribution in [2.24, 2.45) is 5.92 Å². The van der Waals surface area contributed by atoms with Crippen LogP contribution in [-0.4, -0.2) is 75.3 Å². The van der Waals surface area contributed by atoms with Crippen molar-refractivity contribution in [3.05, 3.63) is 0 Å². The largest absolute Gasteiger partial charge is 0.548 e. The zero-order chi connectivity index (χ0) is 17.8. The van der Waals surface area contributed by atoms with E-state index in [4.69, 9.17) is 0 Å². The van der Waals surface area contributed by atoms with Crippen LogP contribution in [-0.2, 0) is 9.59 Å². The average molecular weight is 368 g/mol. The molecule has 1 N–H and O–H groups in total. The van der Waals surface area contributed by atoms with Crippen LogP contribution in [0, 0.1) is 5.92 Å². The van der Waals surface area contributed by atoms with Crippen molar-refractivity contribution in [1.82, 2.24) is 4.90 Å². The second kappa shape index (κ2) is 6.13. The van der Waals surface area contributed by atoms with Gasteiger partial charge in [0.25, 0.3) is 0 Å². The smallest absolute Gasteiger partial charge is 0.230 e. The third-order valence-corrected chi connectivity index (χ3v) is 9.20. The van der Waals surface area contributed by atoms with E-state index in [-0.39, 0.29) is 34.6 Å². The lowest BCUT2D eigenvalue weighted by atomic mass is 9.82. The first kappa shape index (κ1) is 17.6. The number of aliphatic hydroxyl groups is 1. The summed E-state index contributed by atoms with van der Waals surface area (Å²) in [5, 5.41) is 21.1. The van der Waals surface area contributed by atoms with Gasteiger partial charge in [-0.05, 0) is 19.3 Å². The van der Waals surface area contributed by atoms with E-state index in [9.17, 15) is 19.8 Å². The van der Waals surface area contributed by atoms with Crippen LogP contribution in [0.1, 0.15) is 44.9 Å². The standard InChI is InChI=1S/C18H28N2O4S/c1-20(9-4-5-10-20)18(7-2-3-8-18)14-13(17(23)24)19-15(22)12(6-11-21)16(19)25-14/h12-14,16,21H,2-11H2,1H3/t12-,13?,14-,16+/m0/s1. The number of hydrogen-bond donors (Lipinski definition) is 1. The van der Waals surface area contributed by atoms with Crippen LogP contribution in [0.4, 0.5) is 0 Å². The highest BCUT2D eigenvalue weighted by atomic mass is 32.2. The van der Waals surface area contributed by atoms with Crippen LogP contribution in [0.25, 0.3) is 0 Å². The Morgan fingerprint density at radius 3 is 2.52 bits per heavy atom. The molecule has 0 aromatic carbocycles. The predicted octanol–water partition coefficient (Wildman–Crippen LogP) is -0.0596. The number of amides is 1. The predicted molar refractivity (Wildman–Crippen MR) is 92.4 cm³/mol. The Labute approximate surface area is 153 Å². The molecular weight excluding hydrogens is 340 g/mol. The zero-order valence-corrected chi connectivity index (χ0v) is 15.7. The Morgan fingerprint density at radius 1 is 1.32 bits per heavy atom. The van der Waals surface area contributed by atoms with Crippen molar-refractivity contribution in [1.29, 1.82) is 0 Å². The lowest BCUT2D eigenvalue weighted by Crippen LogP contribution is -2.70. The number of rotatable bonds is 5. The minimum absolute atomic E-state index is 0.0269. The summed E-state index contributed by atoms with van der Waals surface area (Å²) in [4.78, 5) is 26.1. The minimum atomic E-state index is -1.10. The maximum absolute atomic E-state index is 12.5. The molecule has 3 aliphatic heterocycles. The van der Waals surface area contributed by atoms with Gasteiger partial charge in [0.15, 0.2) is 0 Å². The third kappa shape index (κ3) is 2.31. The highest BCUT2D eigenvalue weighted by Crippen LogP contribution is 2.58. The molecule has 4 fully saturated rings. The van der Waals surface area contributed by atoms with Gasteiger partial charge in [-0.15, -0.1) is 11.8 Å². The third-order valence-electron chi connectivity index (χ3n) is 7.37. The number of carboxylic acid groups (broad SMARTS) is 1. The molecule has 25 heavy (non-hydrogen) atoms. The molecule has 1 amide bonds. The summed E-state index contributed by atoms with van der Waals surface area (Å²) in [6, 6.07) is -0.814. The highest BCUT2D eigenvalue weighted by Gasteiger charge is 2.67. The summed E-state index contributed by atoms with van der Waals surface area (Å²) >= 11 is 1.69. The van der Waals surface area contributed by atoms with E-state index in [1.807, 2.05) is 0 Å². The Hall–Kier alpha value is -0.790. The molecular formula is C18H28N2O4S. The van der Waals surface area contributed by atoms with E-state index in [0.29, 0.717) is 6.42 Å². The van der Waals surface area contributed by atoms with Gasteiger partial charge in [0.1, 0.15) is 5.54 Å². The van der Waals surface area contributed by atoms with E-state index in [1.165, 1.54) is 12.8 Å². The fourth-order valence-corrected chi connectivity index (χ4v) is 8.28. The van der Waals surface area contributed by atoms with E-state index in [1.54, 1.807) is 16.7 Å². The topological polar surface area (TPSA) is 80.7 Å². The molecule has 7 heteroatoms. The molecule has 0 aromatic rings. The van der Waals surface area contributed by atoms with Gasteiger partial charge in [-0.1, -0.05) is 0 Å². The molecule has 0 aromatic heterocycles. The Morgan fingerprint density at radius 2 is 1.96 bits per heavy atom. The number of thioether (sulfide) groups is 1. The maximum Gasteiger partial charge on any atom is 0.230 e. The fraction of sp³-hybridized carbons (Fsp3) is 0.889. The van der Waals surface area contributed by atoms with Gasteiger partial charge in [0.05, 0.1) is 48.7 Å². The number of quaternary nitrogens is 1. The van der Waals surface area contributed by atoms with Gasteiger partial charge >= 0.3 is 0 Å². The number of carbonyl (C=O) groups excluding carboxylic acids is 2. The van der Waals surface area contributed by atoms with Crippen molar-refractivity contribution in [3.8, 4) is 0 Å². The van der Waals surface area contributed by atoms with Gasteiger partial charge in [0, 0.05) is 32.3 Å². The van der Waals surface area contributed by atoms with Gasteiger partial charge < -0.3 is 24.4 Å². The van der Waals surface area contributed by atoms with Crippen LogP contribution in [0.2, 0.25) is 0 Å². The molecule has 1 aliphatic carbocycles. The normalized spacial score (nSPS) is 38.6. The van der Waals surface area contributed by atoms with Crippen molar-refractivity contribution in [2.75, 3.05) is 26.7 Å². The lowest BCUT2D eigenvalue weighted by Gasteiger charge is -2.51. The molecule has 140 valence electrons. The number of fused-ring (bicyclic) bond motifs is 1. The quantitative estimate of drug-likeness (QED) is 0.543. The number of aliphatic hydroxyl groups excluding tert-OH is 1. The Bertz CT molecular complexity index is 571. The molecule has 1 saturated carbocycles. The second-order valence-corrected chi connectivity index (χ2v) is 9.70. The second-order valence-electron chi connectivity index (χ2n) is 8.44. The first-order chi connectivity index (χ1) is 12.0. The minimum Gasteiger partial charge on any atom is -0.548 e. The van der Waals surface area contributed by atoms with Crippen LogP contribution >= 0.6 is 11.8 Å². The lowest BCUT2D eigenvalue weighted by molar-refractivity contribution is -0.948. The van der Waals surface area contributed by atoms with Gasteiger partial charge in [-0.3, -0.25) is 4.79 Å². The molecule has 4 rings (SSSR count). The highest BCUT2D eigenvalue weighted by molar-refractivity contribution is 8.01. The molecule has 0 spiro atoms. The zero-order valence-electron chi connectivity index (χ0n) is 14.9. The van der Waals surface area contributed by atoms with Crippen LogP contribution in [0.5, 0.6) is 0 Å². The van der Waals surface area contributed by atoms with Crippen molar-refractivity contribution >= 4 is 23.6 Å². The summed E-state index contributed by atoms with van der Waals surface area (Å²) < 4.78 is 0.952. The molecule has 4 aliphatic rings. The van der Waals surface area contributed by atoms with Crippen LogP contribution < -0.4 is 5.11 Å². The molecule has 1 unspecified atom stereocenters. The van der Waals surface area contributed by atoms with Crippen molar-refractivity contribution < 1.29 is 24.3 Å². The molecule has 0 bridgehead atoms. The summed E-state index contributed by atoms with van der Waals surface area (Å²) in [6.07, 6.45) is 7.20. The monoisotopic (exact) mass is 368 g/mol. The van der Waals surface area contributed by atoms with E-state index in [2.05, 4.69) is 7.05 Å². The SMILES string of the molecule is C[N+]1(C2([C@H]3S[C@@H]4[C@@H](CCO)C(=O)N4C3C(=O)[O-])CCCC2)CCCC1. The number of β-lactam (4-membered cyclic amide) rings is 1. The maximum atomic E-state index is 12.5. The van der Waals surface area contributed by atoms with E-state index in [0.717, 1.165) is 43.3 Å². The molecule has 3 heterocycles. The average Bonchev–Trinajstić information content (AvgIpc) is 3.29. The summed E-state index contributed by atoms with van der Waals surface area (Å²) in [5.41, 5.74) is -0.0622. The number of carbonyl (C=O) groups is 2. The summed E-state index contributed by atoms with van der Waals surface area (Å²) in [5.74, 6) is -1.45. The Kier molecular flexibility index (Phi) is 4.32. The fourth-order valence-electron chi connectivity index (χ4n) is 6.04. The van der Waals surface area contributed by atoms with Crippen LogP contribution in [0.3, 0.4) is 0 Å². The number of carboxylic acids is 1. The number of nitrogens with zero attached hydrogens (tertiary/aromatic N) is 2. The Balaban J connectivity index is 1.70. The summed E-state index contributed by atoms with van der Waals surface area (Å²) in [7, 11) is 2.30. The van der Waals surface area contributed by atoms with Gasteiger partial charge in [-0.25, -0.2) is 0 Å². The van der Waals surface area contributed by atoms with Crippen molar-refractivity contribution in [2.45, 2.75) is 67.2 Å². The molecule has 0 radical (unpaired) electrons. The molecule has 3 saturated heterocycles. The van der Waals surface area contributed by atoms with Crippen molar-refractivity contribution in [3.63, 3.8) is 0 Å². The first-order valence-corrected chi connectivity index (χ1v) is 10.5. The number of likely N-dealkylation sites (tertiary alicyclic amines) is 1. The van der Waals surface area contributed by atoms with Gasteiger partial charge in [0.2, 0.25) is 5.91 Å². The number of hydrogen-bond acceptors (Lipinski definition) is 5. The van der Waals surface area contributed by atoms with E-state index < -0.39 is 12.0 Å². The van der Waals surface area contributed by atoms with E-state index >= 15 is 0 Å². The number of aliphatic carboxylic acids is 1. The first-order valence-electron chi connectivity index (χ1n) is 9.59. The molecule has 6 nitrogen and oxygen atoms in total.